The summed E-state index contributed by atoms with van der Waals surface area (Å²) in [5.41, 5.74) is 4.18. The number of amides is 1. The highest BCUT2D eigenvalue weighted by molar-refractivity contribution is 5.96. The quantitative estimate of drug-likeness (QED) is 0.527. The highest BCUT2D eigenvalue weighted by Crippen LogP contribution is 2.23. The van der Waals surface area contributed by atoms with Crippen LogP contribution >= 0.6 is 0 Å². The summed E-state index contributed by atoms with van der Waals surface area (Å²) in [5.74, 6) is -0.0563. The van der Waals surface area contributed by atoms with Gasteiger partial charge in [0.25, 0.3) is 5.91 Å². The maximum absolute atomic E-state index is 13.1. The van der Waals surface area contributed by atoms with E-state index >= 15 is 0 Å². The predicted molar refractivity (Wildman–Crippen MR) is 112 cm³/mol. The van der Waals surface area contributed by atoms with Gasteiger partial charge in [-0.15, -0.1) is 0 Å². The van der Waals surface area contributed by atoms with Gasteiger partial charge in [0.1, 0.15) is 11.6 Å². The van der Waals surface area contributed by atoms with Gasteiger partial charge in [0, 0.05) is 30.7 Å². The Morgan fingerprint density at radius 3 is 2.83 bits per heavy atom. The third-order valence-electron chi connectivity index (χ3n) is 5.31. The molecule has 150 valence electrons. The smallest absolute Gasteiger partial charge is 0.255 e. The number of rotatable bonds is 4. The summed E-state index contributed by atoms with van der Waals surface area (Å²) < 4.78 is 7.84. The van der Waals surface area contributed by atoms with Gasteiger partial charge in [-0.1, -0.05) is 36.4 Å². The number of nitrogens with zero attached hydrogens (tertiary/aromatic N) is 5. The zero-order valence-electron chi connectivity index (χ0n) is 16.4. The molecule has 0 N–H and O–H groups in total. The Kier molecular flexibility index (Phi) is 4.94. The van der Waals surface area contributed by atoms with Crippen LogP contribution in [-0.2, 0) is 11.3 Å². The molecule has 4 heterocycles. The molecule has 0 saturated carbocycles. The summed E-state index contributed by atoms with van der Waals surface area (Å²) in [6, 6.07) is 15.8. The summed E-state index contributed by atoms with van der Waals surface area (Å²) in [6.45, 7) is 2.22. The van der Waals surface area contributed by atoms with E-state index in [9.17, 15) is 4.79 Å². The summed E-state index contributed by atoms with van der Waals surface area (Å²) in [4.78, 5) is 28.1. The molecule has 30 heavy (non-hydrogen) atoms. The van der Waals surface area contributed by atoms with Crippen molar-refractivity contribution < 1.29 is 9.53 Å². The Labute approximate surface area is 174 Å². The second kappa shape index (κ2) is 8.04. The molecule has 1 saturated heterocycles. The Bertz CT molecular complexity index is 1160. The second-order valence-electron chi connectivity index (χ2n) is 7.32. The molecular weight excluding hydrogens is 378 g/mol. The van der Waals surface area contributed by atoms with E-state index in [1.54, 1.807) is 24.9 Å². The maximum atomic E-state index is 13.1. The van der Waals surface area contributed by atoms with Gasteiger partial charge < -0.3 is 14.2 Å². The van der Waals surface area contributed by atoms with E-state index in [-0.39, 0.29) is 12.0 Å². The number of carbonyl (C=O) groups excluding carboxylic acids is 1. The van der Waals surface area contributed by atoms with Crippen LogP contribution in [0.25, 0.3) is 11.2 Å². The van der Waals surface area contributed by atoms with Crippen molar-refractivity contribution in [3.63, 3.8) is 0 Å². The molecule has 1 amide bonds. The van der Waals surface area contributed by atoms with Crippen LogP contribution in [0.3, 0.4) is 0 Å². The zero-order chi connectivity index (χ0) is 20.3. The largest absolute Gasteiger partial charge is 0.370 e. The van der Waals surface area contributed by atoms with Crippen LogP contribution in [0, 0.1) is 0 Å². The average molecular weight is 399 g/mol. The van der Waals surface area contributed by atoms with Crippen LogP contribution in [0.1, 0.15) is 27.6 Å². The van der Waals surface area contributed by atoms with Gasteiger partial charge in [-0.25, -0.2) is 9.97 Å². The first-order chi connectivity index (χ1) is 14.8. The number of pyridine rings is 2. The number of fused-ring (bicyclic) bond motifs is 1. The summed E-state index contributed by atoms with van der Waals surface area (Å²) in [5, 5.41) is 0. The van der Waals surface area contributed by atoms with E-state index in [4.69, 9.17) is 4.74 Å². The molecule has 4 aromatic rings. The van der Waals surface area contributed by atoms with Crippen LogP contribution in [0.15, 0.2) is 73.4 Å². The van der Waals surface area contributed by atoms with E-state index in [0.29, 0.717) is 37.3 Å². The molecule has 1 unspecified atom stereocenters. The lowest BCUT2D eigenvalue weighted by Gasteiger charge is -2.33. The Balaban J connectivity index is 1.35. The van der Waals surface area contributed by atoms with Gasteiger partial charge in [0.15, 0.2) is 5.65 Å². The number of carbonyl (C=O) groups is 1. The molecule has 0 bridgehead atoms. The summed E-state index contributed by atoms with van der Waals surface area (Å²) >= 11 is 0. The first-order valence-corrected chi connectivity index (χ1v) is 9.93. The molecule has 1 aromatic carbocycles. The molecule has 0 spiro atoms. The first kappa shape index (κ1) is 18.4. The summed E-state index contributed by atoms with van der Waals surface area (Å²) in [7, 11) is 0. The molecule has 1 atom stereocenters. The van der Waals surface area contributed by atoms with Crippen molar-refractivity contribution in [2.75, 3.05) is 19.7 Å². The average Bonchev–Trinajstić information content (AvgIpc) is 3.22. The molecule has 5 rings (SSSR count). The lowest BCUT2D eigenvalue weighted by molar-refractivity contribution is -0.0229. The first-order valence-electron chi connectivity index (χ1n) is 9.93. The van der Waals surface area contributed by atoms with Gasteiger partial charge in [-0.05, 0) is 17.7 Å². The number of imidazole rings is 1. The molecule has 1 aliphatic heterocycles. The van der Waals surface area contributed by atoms with Crippen molar-refractivity contribution in [3.05, 3.63) is 90.1 Å². The summed E-state index contributed by atoms with van der Waals surface area (Å²) in [6.07, 6.45) is 6.76. The minimum absolute atomic E-state index is 0.0563. The SMILES string of the molecule is O=C(c1cnc2c(c1)ncn2Cc1ccccc1)N1CCOC(c2cccnc2)C1. The van der Waals surface area contributed by atoms with E-state index in [1.165, 1.54) is 5.56 Å². The van der Waals surface area contributed by atoms with Crippen molar-refractivity contribution in [3.8, 4) is 0 Å². The molecule has 7 heteroatoms. The molecule has 0 aliphatic carbocycles. The Hall–Kier alpha value is -3.58. The van der Waals surface area contributed by atoms with Gasteiger partial charge in [-0.3, -0.25) is 9.78 Å². The molecule has 3 aromatic heterocycles. The van der Waals surface area contributed by atoms with Crippen LogP contribution in [0.5, 0.6) is 0 Å². The van der Waals surface area contributed by atoms with Gasteiger partial charge in [0.05, 0.1) is 31.6 Å². The molecular formula is C23H21N5O2. The minimum atomic E-state index is -0.168. The van der Waals surface area contributed by atoms with Crippen molar-refractivity contribution in [2.24, 2.45) is 0 Å². The molecule has 0 radical (unpaired) electrons. The maximum Gasteiger partial charge on any atom is 0.255 e. The molecule has 1 aliphatic rings. The molecule has 1 fully saturated rings. The zero-order valence-corrected chi connectivity index (χ0v) is 16.4. The van der Waals surface area contributed by atoms with Crippen LogP contribution < -0.4 is 0 Å². The number of hydrogen-bond donors (Lipinski definition) is 0. The van der Waals surface area contributed by atoms with Crippen LogP contribution in [0.4, 0.5) is 0 Å². The molecule has 7 nitrogen and oxygen atoms in total. The lowest BCUT2D eigenvalue weighted by atomic mass is 10.1. The van der Waals surface area contributed by atoms with Crippen molar-refractivity contribution in [1.82, 2.24) is 24.4 Å². The fourth-order valence-electron chi connectivity index (χ4n) is 3.75. The number of aromatic nitrogens is 4. The van der Waals surface area contributed by atoms with E-state index in [1.807, 2.05) is 45.9 Å². The van der Waals surface area contributed by atoms with Gasteiger partial charge in [0.2, 0.25) is 0 Å². The van der Waals surface area contributed by atoms with Crippen molar-refractivity contribution in [2.45, 2.75) is 12.6 Å². The van der Waals surface area contributed by atoms with E-state index in [2.05, 4.69) is 27.1 Å². The van der Waals surface area contributed by atoms with Gasteiger partial charge in [-0.2, -0.15) is 0 Å². The normalized spacial score (nSPS) is 16.7. The van der Waals surface area contributed by atoms with Crippen LogP contribution in [0.2, 0.25) is 0 Å². The highest BCUT2D eigenvalue weighted by atomic mass is 16.5. The monoisotopic (exact) mass is 399 g/mol. The topological polar surface area (TPSA) is 73.1 Å². The fraction of sp³-hybridized carbons (Fsp3) is 0.217. The third-order valence-corrected chi connectivity index (χ3v) is 5.31. The number of benzene rings is 1. The van der Waals surface area contributed by atoms with Crippen molar-refractivity contribution in [1.29, 1.82) is 0 Å². The van der Waals surface area contributed by atoms with Crippen molar-refractivity contribution >= 4 is 17.1 Å². The standard InChI is InChI=1S/C23H21N5O2/c29-23(27-9-10-30-21(15-27)18-7-4-8-24-12-18)19-11-20-22(25-13-19)28(16-26-20)14-17-5-2-1-3-6-17/h1-8,11-13,16,21H,9-10,14-15H2. The lowest BCUT2D eigenvalue weighted by Crippen LogP contribution is -2.42. The van der Waals surface area contributed by atoms with E-state index in [0.717, 1.165) is 11.2 Å². The fourth-order valence-corrected chi connectivity index (χ4v) is 3.75. The Morgan fingerprint density at radius 1 is 1.10 bits per heavy atom. The highest BCUT2D eigenvalue weighted by Gasteiger charge is 2.26. The number of morpholine rings is 1. The number of ether oxygens (including phenoxy) is 1. The second-order valence-corrected chi connectivity index (χ2v) is 7.32. The predicted octanol–water partition coefficient (Wildman–Crippen LogP) is 3.09. The minimum Gasteiger partial charge on any atom is -0.370 e. The van der Waals surface area contributed by atoms with Crippen LogP contribution in [-0.4, -0.2) is 50.0 Å². The third kappa shape index (κ3) is 3.67. The number of hydrogen-bond acceptors (Lipinski definition) is 5. The van der Waals surface area contributed by atoms with E-state index < -0.39 is 0 Å². The Morgan fingerprint density at radius 2 is 2.00 bits per heavy atom. The van der Waals surface area contributed by atoms with Gasteiger partial charge >= 0.3 is 0 Å².